The molecule has 0 aliphatic heterocycles. The summed E-state index contributed by atoms with van der Waals surface area (Å²) in [6.07, 6.45) is 0. The lowest BCUT2D eigenvalue weighted by molar-refractivity contribution is 0.295. The summed E-state index contributed by atoms with van der Waals surface area (Å²) >= 11 is 0. The quantitative estimate of drug-likeness (QED) is 0.0989. The summed E-state index contributed by atoms with van der Waals surface area (Å²) in [7, 11) is -13.2. The van der Waals surface area contributed by atoms with Gasteiger partial charge in [0.25, 0.3) is 0 Å². The number of phosphoric acid groups is 2. The molecule has 13 heteroatoms. The van der Waals surface area contributed by atoms with Crippen molar-refractivity contribution in [2.75, 3.05) is 0 Å². The molecule has 0 aromatic heterocycles. The highest BCUT2D eigenvalue weighted by molar-refractivity contribution is 7.91. The predicted octanol–water partition coefficient (Wildman–Crippen LogP) is 11.0. The summed E-state index contributed by atoms with van der Waals surface area (Å²) in [4.78, 5) is -0.387. The zero-order chi connectivity index (χ0) is 37.6. The largest absolute Gasteiger partial charge is 0.647 e. The van der Waals surface area contributed by atoms with Crippen LogP contribution in [0.15, 0.2) is 155 Å². The Kier molecular flexibility index (Phi) is 11.0. The number of sulfone groups is 1. The van der Waals surface area contributed by atoms with Gasteiger partial charge >= 0.3 is 15.6 Å². The summed E-state index contributed by atoms with van der Waals surface area (Å²) in [6, 6.07) is 38.6. The second-order valence-corrected chi connectivity index (χ2v) is 16.8. The van der Waals surface area contributed by atoms with E-state index in [-0.39, 0.29) is 44.3 Å². The fourth-order valence-corrected chi connectivity index (χ4v) is 9.10. The minimum Gasteiger partial charge on any atom is -0.386 e. The lowest BCUT2D eigenvalue weighted by Crippen LogP contribution is -2.10. The van der Waals surface area contributed by atoms with Gasteiger partial charge in [-0.15, -0.1) is 0 Å². The summed E-state index contributed by atoms with van der Waals surface area (Å²) in [6.45, 7) is 7.12. The zero-order valence-corrected chi connectivity index (χ0v) is 31.8. The second-order valence-electron chi connectivity index (χ2n) is 12.0. The summed E-state index contributed by atoms with van der Waals surface area (Å²) in [5.74, 6) is 0.874. The third-order valence-corrected chi connectivity index (χ3v) is 12.2. The SMILES string of the molecule is Cc1ccccc1OP(=O)(Oc1cccc(S(=O)(=O)c2cccc(OP(=O)(Oc3ccccc3C)Oc3ccccc3C)c2)c1)Oc1ccccc1C. The molecule has 6 aromatic carbocycles. The van der Waals surface area contributed by atoms with Crippen molar-refractivity contribution in [3.63, 3.8) is 0 Å². The molecule has 0 radical (unpaired) electrons. The number of phosphoric ester groups is 2. The summed E-state index contributed by atoms with van der Waals surface area (Å²) < 4.78 is 91.8. The minimum atomic E-state index is -4.45. The zero-order valence-electron chi connectivity index (χ0n) is 29.2. The molecule has 6 rings (SSSR count). The molecule has 0 spiro atoms. The smallest absolute Gasteiger partial charge is 0.386 e. The molecule has 53 heavy (non-hydrogen) atoms. The van der Waals surface area contributed by atoms with E-state index in [1.807, 2.05) is 0 Å². The number of benzene rings is 6. The van der Waals surface area contributed by atoms with Gasteiger partial charge in [-0.25, -0.2) is 8.42 Å². The molecule has 0 amide bonds. The first-order valence-corrected chi connectivity index (χ1v) is 20.8. The van der Waals surface area contributed by atoms with Crippen LogP contribution in [0.5, 0.6) is 34.5 Å². The first-order chi connectivity index (χ1) is 25.3. The molecule has 0 aliphatic rings. The first-order valence-electron chi connectivity index (χ1n) is 16.4. The predicted molar refractivity (Wildman–Crippen MR) is 202 cm³/mol. The molecule has 0 bridgehead atoms. The van der Waals surface area contributed by atoms with Crippen LogP contribution in [-0.2, 0) is 19.0 Å². The third kappa shape index (κ3) is 9.13. The van der Waals surface area contributed by atoms with Crippen LogP contribution in [-0.4, -0.2) is 8.42 Å². The molecule has 0 saturated carbocycles. The van der Waals surface area contributed by atoms with E-state index in [9.17, 15) is 17.5 Å². The topological polar surface area (TPSA) is 124 Å². The van der Waals surface area contributed by atoms with E-state index in [1.165, 1.54) is 48.5 Å². The van der Waals surface area contributed by atoms with Crippen LogP contribution in [0.25, 0.3) is 0 Å². The van der Waals surface area contributed by atoms with Crippen molar-refractivity contribution < 1.29 is 44.7 Å². The van der Waals surface area contributed by atoms with Crippen LogP contribution in [0.4, 0.5) is 0 Å². The molecule has 0 unspecified atom stereocenters. The Hall–Kier alpha value is -5.47. The second kappa shape index (κ2) is 15.6. The molecule has 0 atom stereocenters. The lowest BCUT2D eigenvalue weighted by atomic mass is 10.2. The average Bonchev–Trinajstić information content (AvgIpc) is 3.12. The Labute approximate surface area is 309 Å². The molecule has 272 valence electrons. The van der Waals surface area contributed by atoms with Crippen LogP contribution in [0.3, 0.4) is 0 Å². The van der Waals surface area contributed by atoms with Crippen LogP contribution in [0.1, 0.15) is 22.3 Å². The van der Waals surface area contributed by atoms with Crippen molar-refractivity contribution in [2.45, 2.75) is 37.5 Å². The van der Waals surface area contributed by atoms with Crippen molar-refractivity contribution in [2.24, 2.45) is 0 Å². The minimum absolute atomic E-state index is 0.0910. The van der Waals surface area contributed by atoms with Gasteiger partial charge in [-0.05, 0) is 111 Å². The van der Waals surface area contributed by atoms with Crippen LogP contribution in [0.2, 0.25) is 0 Å². The Morgan fingerprint density at radius 3 is 0.943 bits per heavy atom. The molecule has 0 fully saturated rings. The Morgan fingerprint density at radius 2 is 0.660 bits per heavy atom. The van der Waals surface area contributed by atoms with Crippen molar-refractivity contribution in [1.29, 1.82) is 0 Å². The first kappa shape index (κ1) is 37.3. The molecular formula is C40H36O10P2S. The maximum atomic E-state index is 14.3. The van der Waals surface area contributed by atoms with Gasteiger partial charge in [-0.1, -0.05) is 84.9 Å². The van der Waals surface area contributed by atoms with E-state index in [2.05, 4.69) is 0 Å². The number of rotatable bonds is 14. The molecule has 0 saturated heterocycles. The Bertz CT molecular complexity index is 2200. The molecule has 6 aromatic rings. The summed E-state index contributed by atoms with van der Waals surface area (Å²) in [5.41, 5.74) is 2.73. The summed E-state index contributed by atoms with van der Waals surface area (Å²) in [5, 5.41) is 0. The van der Waals surface area contributed by atoms with E-state index in [0.29, 0.717) is 22.3 Å². The van der Waals surface area contributed by atoms with Gasteiger partial charge in [0.15, 0.2) is 0 Å². The standard InChI is InChI=1S/C40H36O10P2S/c1-29-15-5-9-23-37(29)47-51(41,48-38-24-10-6-16-30(38)2)45-33-19-13-21-35(27-33)53(43,44)36-22-14-20-34(28-36)46-52(42,49-39-25-11-7-17-31(39)3)50-40-26-12-8-18-32(40)4/h5-28H,1-4H3. The highest BCUT2D eigenvalue weighted by atomic mass is 32.2. The number of hydrogen-bond donors (Lipinski definition) is 0. The van der Waals surface area contributed by atoms with Crippen LogP contribution >= 0.6 is 15.6 Å². The molecular weight excluding hydrogens is 734 g/mol. The van der Waals surface area contributed by atoms with Gasteiger partial charge in [-0.3, -0.25) is 0 Å². The van der Waals surface area contributed by atoms with Crippen molar-refractivity contribution in [3.05, 3.63) is 168 Å². The van der Waals surface area contributed by atoms with Gasteiger partial charge in [-0.2, -0.15) is 9.13 Å². The van der Waals surface area contributed by atoms with E-state index < -0.39 is 25.5 Å². The average molecular weight is 771 g/mol. The van der Waals surface area contributed by atoms with E-state index in [0.717, 1.165) is 0 Å². The van der Waals surface area contributed by atoms with E-state index in [1.54, 1.807) is 125 Å². The van der Waals surface area contributed by atoms with Gasteiger partial charge in [0.2, 0.25) is 9.84 Å². The van der Waals surface area contributed by atoms with Crippen LogP contribution < -0.4 is 27.1 Å². The molecule has 0 aliphatic carbocycles. The van der Waals surface area contributed by atoms with Crippen molar-refractivity contribution in [3.8, 4) is 34.5 Å². The molecule has 0 N–H and O–H groups in total. The van der Waals surface area contributed by atoms with Crippen molar-refractivity contribution >= 4 is 25.5 Å². The van der Waals surface area contributed by atoms with Crippen molar-refractivity contribution in [1.82, 2.24) is 0 Å². The van der Waals surface area contributed by atoms with Gasteiger partial charge in [0, 0.05) is 0 Å². The maximum absolute atomic E-state index is 14.3. The molecule has 10 nitrogen and oxygen atoms in total. The normalized spacial score (nSPS) is 11.7. The number of aryl methyl sites for hydroxylation is 4. The maximum Gasteiger partial charge on any atom is 0.647 e. The Balaban J connectivity index is 1.30. The van der Waals surface area contributed by atoms with E-state index in [4.69, 9.17) is 27.1 Å². The fraction of sp³-hybridized carbons (Fsp3) is 0.100. The van der Waals surface area contributed by atoms with Gasteiger partial charge < -0.3 is 27.1 Å². The highest BCUT2D eigenvalue weighted by Gasteiger charge is 2.36. The monoisotopic (exact) mass is 770 g/mol. The number of para-hydroxylation sites is 4. The number of hydrogen-bond acceptors (Lipinski definition) is 10. The lowest BCUT2D eigenvalue weighted by Gasteiger charge is -2.21. The molecule has 0 heterocycles. The van der Waals surface area contributed by atoms with Gasteiger partial charge in [0.05, 0.1) is 9.79 Å². The van der Waals surface area contributed by atoms with E-state index >= 15 is 0 Å². The third-order valence-electron chi connectivity index (χ3n) is 7.88. The fourth-order valence-electron chi connectivity index (χ4n) is 5.02. The highest BCUT2D eigenvalue weighted by Crippen LogP contribution is 2.52. The van der Waals surface area contributed by atoms with Crippen LogP contribution in [0, 0.1) is 27.7 Å². The Morgan fingerprint density at radius 1 is 0.377 bits per heavy atom. The van der Waals surface area contributed by atoms with Gasteiger partial charge in [0.1, 0.15) is 34.5 Å².